The number of amides is 1. The molecule has 2 bridgehead atoms. The first-order valence-electron chi connectivity index (χ1n) is 9.30. The van der Waals surface area contributed by atoms with Gasteiger partial charge in [0.15, 0.2) is 5.69 Å². The van der Waals surface area contributed by atoms with Gasteiger partial charge in [0.05, 0.1) is 5.69 Å². The molecule has 5 nitrogen and oxygen atoms in total. The van der Waals surface area contributed by atoms with Crippen LogP contribution in [0.15, 0.2) is 36.4 Å². The average Bonchev–Trinajstić information content (AvgIpc) is 2.98. The lowest BCUT2D eigenvalue weighted by Gasteiger charge is -2.45. The molecule has 2 atom stereocenters. The first-order chi connectivity index (χ1) is 12.1. The van der Waals surface area contributed by atoms with Crippen molar-refractivity contribution in [3.63, 3.8) is 0 Å². The molecular weight excluding hydrogens is 312 g/mol. The zero-order valence-corrected chi connectivity index (χ0v) is 14.7. The van der Waals surface area contributed by atoms with Crippen molar-refractivity contribution in [3.8, 4) is 5.69 Å². The number of carbonyl (C=O) groups excluding carboxylic acids is 1. The van der Waals surface area contributed by atoms with Crippen LogP contribution in [0.4, 0.5) is 0 Å². The monoisotopic (exact) mass is 338 g/mol. The number of benzene rings is 1. The van der Waals surface area contributed by atoms with Crippen molar-refractivity contribution in [3.05, 3.63) is 47.8 Å². The van der Waals surface area contributed by atoms with E-state index in [0.29, 0.717) is 23.6 Å². The fourth-order valence-corrected chi connectivity index (χ4v) is 4.67. The summed E-state index contributed by atoms with van der Waals surface area (Å²) in [5.74, 6) is 0.975. The zero-order chi connectivity index (χ0) is 17.4. The van der Waals surface area contributed by atoms with Crippen molar-refractivity contribution in [2.24, 2.45) is 17.6 Å². The minimum absolute atomic E-state index is 0.0600. The predicted molar refractivity (Wildman–Crippen MR) is 97.6 cm³/mol. The molecule has 1 aromatic carbocycles. The van der Waals surface area contributed by atoms with E-state index in [0.717, 1.165) is 24.2 Å². The lowest BCUT2D eigenvalue weighted by Crippen LogP contribution is -2.53. The normalized spacial score (nSPS) is 28.6. The number of nitrogens with two attached hydrogens (primary N) is 1. The topological polar surface area (TPSA) is 72.9 Å². The van der Waals surface area contributed by atoms with Crippen molar-refractivity contribution in [2.45, 2.75) is 51.1 Å². The van der Waals surface area contributed by atoms with Crippen LogP contribution in [-0.2, 0) is 0 Å². The molecule has 5 heteroatoms. The minimum Gasteiger partial charge on any atom is -0.347 e. The van der Waals surface area contributed by atoms with Crippen molar-refractivity contribution in [1.82, 2.24) is 15.1 Å². The Morgan fingerprint density at radius 2 is 1.88 bits per heavy atom. The predicted octanol–water partition coefficient (Wildman–Crippen LogP) is 2.82. The fourth-order valence-electron chi connectivity index (χ4n) is 4.67. The molecule has 3 N–H and O–H groups in total. The summed E-state index contributed by atoms with van der Waals surface area (Å²) in [6, 6.07) is 12.3. The number of aromatic nitrogens is 2. The first kappa shape index (κ1) is 16.3. The van der Waals surface area contributed by atoms with Gasteiger partial charge in [-0.25, -0.2) is 4.68 Å². The Balaban J connectivity index is 1.52. The van der Waals surface area contributed by atoms with Crippen LogP contribution >= 0.6 is 0 Å². The number of carbonyl (C=O) groups is 1. The Morgan fingerprint density at radius 1 is 1.20 bits per heavy atom. The Kier molecular flexibility index (Phi) is 4.34. The van der Waals surface area contributed by atoms with Gasteiger partial charge in [-0.15, -0.1) is 0 Å². The number of hydrogen-bond donors (Lipinski definition) is 2. The number of hydrogen-bond acceptors (Lipinski definition) is 3. The van der Waals surface area contributed by atoms with Gasteiger partial charge in [0.1, 0.15) is 0 Å². The van der Waals surface area contributed by atoms with E-state index in [-0.39, 0.29) is 11.9 Å². The average molecular weight is 338 g/mol. The number of nitrogens with zero attached hydrogens (tertiary/aromatic N) is 2. The van der Waals surface area contributed by atoms with Gasteiger partial charge in [-0.3, -0.25) is 4.79 Å². The van der Waals surface area contributed by atoms with Gasteiger partial charge in [0.2, 0.25) is 0 Å². The molecule has 4 rings (SSSR count). The zero-order valence-electron chi connectivity index (χ0n) is 14.7. The second-order valence-electron chi connectivity index (χ2n) is 7.60. The molecule has 2 aliphatic rings. The number of rotatable bonds is 3. The molecule has 0 saturated heterocycles. The van der Waals surface area contributed by atoms with Crippen LogP contribution in [0.5, 0.6) is 0 Å². The van der Waals surface area contributed by atoms with E-state index in [1.165, 1.54) is 19.3 Å². The van der Waals surface area contributed by atoms with Crippen molar-refractivity contribution in [2.75, 3.05) is 0 Å². The molecular formula is C20H26N4O. The highest BCUT2D eigenvalue weighted by molar-refractivity contribution is 5.92. The molecule has 2 unspecified atom stereocenters. The Hall–Kier alpha value is -2.14. The lowest BCUT2D eigenvalue weighted by atomic mass is 9.67. The van der Waals surface area contributed by atoms with Gasteiger partial charge in [-0.2, -0.15) is 5.10 Å². The molecule has 2 saturated carbocycles. The quantitative estimate of drug-likeness (QED) is 0.904. The second-order valence-corrected chi connectivity index (χ2v) is 7.60. The molecule has 25 heavy (non-hydrogen) atoms. The van der Waals surface area contributed by atoms with Gasteiger partial charge < -0.3 is 11.1 Å². The number of para-hydroxylation sites is 1. The maximum absolute atomic E-state index is 12.8. The summed E-state index contributed by atoms with van der Waals surface area (Å²) in [6.45, 7) is 1.98. The highest BCUT2D eigenvalue weighted by Crippen LogP contribution is 2.39. The molecule has 2 aliphatic carbocycles. The molecule has 2 aromatic rings. The lowest BCUT2D eigenvalue weighted by molar-refractivity contribution is 0.0751. The van der Waals surface area contributed by atoms with E-state index in [2.05, 4.69) is 10.4 Å². The van der Waals surface area contributed by atoms with Gasteiger partial charge in [-0.1, -0.05) is 24.6 Å². The van der Waals surface area contributed by atoms with Gasteiger partial charge >= 0.3 is 0 Å². The van der Waals surface area contributed by atoms with E-state index in [9.17, 15) is 4.79 Å². The fraction of sp³-hybridized carbons (Fsp3) is 0.500. The summed E-state index contributed by atoms with van der Waals surface area (Å²) >= 11 is 0. The summed E-state index contributed by atoms with van der Waals surface area (Å²) in [5, 5.41) is 7.81. The van der Waals surface area contributed by atoms with Crippen LogP contribution in [0.3, 0.4) is 0 Å². The largest absolute Gasteiger partial charge is 0.347 e. The van der Waals surface area contributed by atoms with Gasteiger partial charge in [0, 0.05) is 17.8 Å². The Bertz CT molecular complexity index is 740. The molecule has 2 fully saturated rings. The third-order valence-corrected chi connectivity index (χ3v) is 5.80. The smallest absolute Gasteiger partial charge is 0.272 e. The number of nitrogens with one attached hydrogen (secondary N) is 1. The van der Waals surface area contributed by atoms with Crippen molar-refractivity contribution < 1.29 is 4.79 Å². The summed E-state index contributed by atoms with van der Waals surface area (Å²) < 4.78 is 1.83. The minimum atomic E-state index is -0.0600. The standard InChI is InChI=1S/C20H26N4O/c1-13-10-18(23-24(13)17-8-3-2-4-9-17)20(25)22-19-14-6-5-7-15(19)12-16(21)11-14/h2-4,8-10,14-16,19H,5-7,11-12,21H2,1H3,(H,22,25). The molecule has 0 spiro atoms. The molecule has 0 radical (unpaired) electrons. The highest BCUT2D eigenvalue weighted by atomic mass is 16.2. The maximum Gasteiger partial charge on any atom is 0.272 e. The van der Waals surface area contributed by atoms with Crippen LogP contribution < -0.4 is 11.1 Å². The summed E-state index contributed by atoms with van der Waals surface area (Å²) in [6.07, 6.45) is 5.66. The molecule has 0 aliphatic heterocycles. The van der Waals surface area contributed by atoms with Crippen LogP contribution in [0.25, 0.3) is 5.69 Å². The van der Waals surface area contributed by atoms with Crippen LogP contribution in [0.2, 0.25) is 0 Å². The van der Waals surface area contributed by atoms with E-state index < -0.39 is 0 Å². The third kappa shape index (κ3) is 3.21. The van der Waals surface area contributed by atoms with Gasteiger partial charge in [0.25, 0.3) is 5.91 Å². The van der Waals surface area contributed by atoms with E-state index in [1.807, 2.05) is 48.0 Å². The van der Waals surface area contributed by atoms with Crippen LogP contribution in [0, 0.1) is 18.8 Å². The van der Waals surface area contributed by atoms with E-state index in [4.69, 9.17) is 5.73 Å². The first-order valence-corrected chi connectivity index (χ1v) is 9.30. The molecule has 132 valence electrons. The van der Waals surface area contributed by atoms with Crippen molar-refractivity contribution in [1.29, 1.82) is 0 Å². The SMILES string of the molecule is Cc1cc(C(=O)NC2C3CCCC2CC(N)C3)nn1-c1ccccc1. The summed E-state index contributed by atoms with van der Waals surface area (Å²) in [7, 11) is 0. The summed E-state index contributed by atoms with van der Waals surface area (Å²) in [4.78, 5) is 12.8. The number of fused-ring (bicyclic) bond motifs is 2. The van der Waals surface area contributed by atoms with E-state index >= 15 is 0 Å². The molecule has 1 amide bonds. The van der Waals surface area contributed by atoms with Crippen molar-refractivity contribution >= 4 is 5.91 Å². The Labute approximate surface area is 148 Å². The number of aryl methyl sites for hydroxylation is 1. The highest BCUT2D eigenvalue weighted by Gasteiger charge is 2.40. The second kappa shape index (κ2) is 6.64. The van der Waals surface area contributed by atoms with E-state index in [1.54, 1.807) is 0 Å². The molecule has 1 heterocycles. The summed E-state index contributed by atoms with van der Waals surface area (Å²) in [5.41, 5.74) is 8.62. The van der Waals surface area contributed by atoms with Crippen LogP contribution in [-0.4, -0.2) is 27.8 Å². The molecule has 1 aromatic heterocycles. The third-order valence-electron chi connectivity index (χ3n) is 5.80. The Morgan fingerprint density at radius 3 is 2.56 bits per heavy atom. The van der Waals surface area contributed by atoms with Gasteiger partial charge in [-0.05, 0) is 62.6 Å². The maximum atomic E-state index is 12.8. The van der Waals surface area contributed by atoms with Crippen LogP contribution in [0.1, 0.15) is 48.3 Å².